The Morgan fingerprint density at radius 1 is 1.47 bits per heavy atom. The predicted molar refractivity (Wildman–Crippen MR) is 67.8 cm³/mol. The topological polar surface area (TPSA) is 56.7 Å². The fourth-order valence-corrected chi connectivity index (χ4v) is 2.14. The average Bonchev–Trinajstić information content (AvgIpc) is 2.71. The molecule has 1 atom stereocenters. The van der Waals surface area contributed by atoms with Gasteiger partial charge in [-0.2, -0.15) is 5.10 Å². The molecular formula is C12H15ClN4. The summed E-state index contributed by atoms with van der Waals surface area (Å²) in [5.74, 6) is 0. The normalized spacial score (nSPS) is 12.6. The third kappa shape index (κ3) is 2.65. The summed E-state index contributed by atoms with van der Waals surface area (Å²) in [6.07, 6.45) is 5.92. The van der Waals surface area contributed by atoms with Gasteiger partial charge in [-0.05, 0) is 25.0 Å². The Morgan fingerprint density at radius 3 is 2.94 bits per heavy atom. The molecule has 2 N–H and O–H groups in total. The molecule has 2 rings (SSSR count). The van der Waals surface area contributed by atoms with Gasteiger partial charge in [-0.25, -0.2) is 0 Å². The molecule has 0 aliphatic rings. The van der Waals surface area contributed by atoms with Crippen molar-refractivity contribution in [3.8, 4) is 0 Å². The number of hydrogen-bond donors (Lipinski definition) is 1. The van der Waals surface area contributed by atoms with E-state index < -0.39 is 0 Å². The Hall–Kier alpha value is -1.39. The molecule has 4 nitrogen and oxygen atoms in total. The standard InChI is InChI=1S/C12H15ClN4/c1-2-17-12(10(13)8-16-17)11(14)6-9-4-3-5-15-7-9/h3-5,7-8,11H,2,6,14H2,1H3. The van der Waals surface area contributed by atoms with Crippen molar-refractivity contribution in [3.63, 3.8) is 0 Å². The zero-order valence-corrected chi connectivity index (χ0v) is 10.4. The fraction of sp³-hybridized carbons (Fsp3) is 0.333. The smallest absolute Gasteiger partial charge is 0.0834 e. The highest BCUT2D eigenvalue weighted by molar-refractivity contribution is 6.31. The van der Waals surface area contributed by atoms with Gasteiger partial charge >= 0.3 is 0 Å². The van der Waals surface area contributed by atoms with Crippen molar-refractivity contribution in [1.29, 1.82) is 0 Å². The summed E-state index contributed by atoms with van der Waals surface area (Å²) in [7, 11) is 0. The summed E-state index contributed by atoms with van der Waals surface area (Å²) in [6.45, 7) is 2.78. The summed E-state index contributed by atoms with van der Waals surface area (Å²) >= 11 is 6.11. The number of aromatic nitrogens is 3. The summed E-state index contributed by atoms with van der Waals surface area (Å²) in [5, 5.41) is 4.81. The van der Waals surface area contributed by atoms with Crippen molar-refractivity contribution in [2.75, 3.05) is 0 Å². The zero-order chi connectivity index (χ0) is 12.3. The molecule has 0 saturated heterocycles. The number of rotatable bonds is 4. The molecule has 90 valence electrons. The minimum atomic E-state index is -0.158. The lowest BCUT2D eigenvalue weighted by atomic mass is 10.1. The molecule has 2 heterocycles. The lowest BCUT2D eigenvalue weighted by Gasteiger charge is -2.14. The van der Waals surface area contributed by atoms with Gasteiger partial charge in [-0.1, -0.05) is 17.7 Å². The van der Waals surface area contributed by atoms with Gasteiger partial charge in [0.2, 0.25) is 0 Å². The van der Waals surface area contributed by atoms with Crippen molar-refractivity contribution in [2.45, 2.75) is 25.9 Å². The molecule has 0 bridgehead atoms. The van der Waals surface area contributed by atoms with Gasteiger partial charge in [0.15, 0.2) is 0 Å². The third-order valence-corrected chi connectivity index (χ3v) is 2.95. The molecule has 5 heteroatoms. The van der Waals surface area contributed by atoms with E-state index in [-0.39, 0.29) is 6.04 Å². The first-order valence-electron chi connectivity index (χ1n) is 5.58. The Bertz CT molecular complexity index is 481. The fourth-order valence-electron chi connectivity index (χ4n) is 1.86. The van der Waals surface area contributed by atoms with Crippen LogP contribution in [0.3, 0.4) is 0 Å². The van der Waals surface area contributed by atoms with E-state index >= 15 is 0 Å². The number of pyridine rings is 1. The van der Waals surface area contributed by atoms with Gasteiger partial charge in [0, 0.05) is 18.9 Å². The van der Waals surface area contributed by atoms with Gasteiger partial charge in [0.25, 0.3) is 0 Å². The van der Waals surface area contributed by atoms with Crippen molar-refractivity contribution in [3.05, 3.63) is 47.0 Å². The van der Waals surface area contributed by atoms with E-state index in [9.17, 15) is 0 Å². The molecule has 2 aromatic heterocycles. The minimum Gasteiger partial charge on any atom is -0.322 e. The van der Waals surface area contributed by atoms with Crippen molar-refractivity contribution in [1.82, 2.24) is 14.8 Å². The van der Waals surface area contributed by atoms with Gasteiger partial charge in [-0.15, -0.1) is 0 Å². The lowest BCUT2D eigenvalue weighted by Crippen LogP contribution is -2.18. The third-order valence-electron chi connectivity index (χ3n) is 2.66. The SMILES string of the molecule is CCn1ncc(Cl)c1C(N)Cc1cccnc1. The first-order chi connectivity index (χ1) is 8.22. The largest absolute Gasteiger partial charge is 0.322 e. The Labute approximate surface area is 105 Å². The minimum absolute atomic E-state index is 0.158. The highest BCUT2D eigenvalue weighted by Crippen LogP contribution is 2.23. The number of hydrogen-bond acceptors (Lipinski definition) is 3. The lowest BCUT2D eigenvalue weighted by molar-refractivity contribution is 0.568. The number of nitrogens with two attached hydrogens (primary N) is 1. The maximum absolute atomic E-state index is 6.18. The van der Waals surface area contributed by atoms with E-state index in [4.69, 9.17) is 17.3 Å². The summed E-state index contributed by atoms with van der Waals surface area (Å²) in [6, 6.07) is 3.75. The van der Waals surface area contributed by atoms with Crippen LogP contribution in [0.2, 0.25) is 5.02 Å². The molecule has 2 aromatic rings. The first kappa shape index (κ1) is 12.1. The molecule has 0 aliphatic heterocycles. The molecule has 0 saturated carbocycles. The number of aryl methyl sites for hydroxylation is 1. The van der Waals surface area contributed by atoms with Crippen LogP contribution in [0.1, 0.15) is 24.2 Å². The molecule has 1 unspecified atom stereocenters. The van der Waals surface area contributed by atoms with Crippen LogP contribution in [0.15, 0.2) is 30.7 Å². The molecular weight excluding hydrogens is 236 g/mol. The van der Waals surface area contributed by atoms with Gasteiger partial charge < -0.3 is 5.73 Å². The Balaban J connectivity index is 2.20. The molecule has 0 spiro atoms. The second-order valence-corrected chi connectivity index (χ2v) is 4.27. The van der Waals surface area contributed by atoms with Crippen molar-refractivity contribution >= 4 is 11.6 Å². The van der Waals surface area contributed by atoms with Crippen LogP contribution in [0.5, 0.6) is 0 Å². The zero-order valence-electron chi connectivity index (χ0n) is 9.68. The molecule has 0 aromatic carbocycles. The van der Waals surface area contributed by atoms with Crippen molar-refractivity contribution in [2.24, 2.45) is 5.73 Å². The van der Waals surface area contributed by atoms with Crippen LogP contribution in [0.25, 0.3) is 0 Å². The van der Waals surface area contributed by atoms with Crippen molar-refractivity contribution < 1.29 is 0 Å². The Kier molecular flexibility index (Phi) is 3.76. The summed E-state index contributed by atoms with van der Waals surface area (Å²) in [4.78, 5) is 4.07. The molecule has 0 aliphatic carbocycles. The second kappa shape index (κ2) is 5.29. The van der Waals surface area contributed by atoms with E-state index in [0.29, 0.717) is 11.4 Å². The van der Waals surface area contributed by atoms with Crippen LogP contribution in [-0.4, -0.2) is 14.8 Å². The van der Waals surface area contributed by atoms with Crippen LogP contribution in [0, 0.1) is 0 Å². The average molecular weight is 251 g/mol. The Morgan fingerprint density at radius 2 is 2.29 bits per heavy atom. The monoisotopic (exact) mass is 250 g/mol. The highest BCUT2D eigenvalue weighted by Gasteiger charge is 2.16. The van der Waals surface area contributed by atoms with E-state index in [0.717, 1.165) is 17.8 Å². The predicted octanol–water partition coefficient (Wildman–Crippen LogP) is 2.19. The quantitative estimate of drug-likeness (QED) is 0.905. The number of nitrogens with zero attached hydrogens (tertiary/aromatic N) is 3. The highest BCUT2D eigenvalue weighted by atomic mass is 35.5. The first-order valence-corrected chi connectivity index (χ1v) is 5.95. The van der Waals surface area contributed by atoms with Crippen LogP contribution >= 0.6 is 11.6 Å². The van der Waals surface area contributed by atoms with Gasteiger partial charge in [-0.3, -0.25) is 9.67 Å². The van der Waals surface area contributed by atoms with Crippen LogP contribution < -0.4 is 5.73 Å². The molecule has 0 amide bonds. The van der Waals surface area contributed by atoms with E-state index in [2.05, 4.69) is 10.1 Å². The second-order valence-electron chi connectivity index (χ2n) is 3.87. The maximum Gasteiger partial charge on any atom is 0.0834 e. The number of halogens is 1. The maximum atomic E-state index is 6.18. The van der Waals surface area contributed by atoms with Gasteiger partial charge in [0.05, 0.1) is 23.0 Å². The summed E-state index contributed by atoms with van der Waals surface area (Å²) in [5.41, 5.74) is 8.16. The van der Waals surface area contributed by atoms with Crippen LogP contribution in [0.4, 0.5) is 0 Å². The van der Waals surface area contributed by atoms with E-state index in [1.807, 2.05) is 29.9 Å². The van der Waals surface area contributed by atoms with Crippen LogP contribution in [-0.2, 0) is 13.0 Å². The molecule has 0 radical (unpaired) electrons. The summed E-state index contributed by atoms with van der Waals surface area (Å²) < 4.78 is 1.84. The van der Waals surface area contributed by atoms with E-state index in [1.165, 1.54) is 0 Å². The molecule has 17 heavy (non-hydrogen) atoms. The molecule has 0 fully saturated rings. The van der Waals surface area contributed by atoms with Gasteiger partial charge in [0.1, 0.15) is 0 Å². The van der Waals surface area contributed by atoms with E-state index in [1.54, 1.807) is 12.4 Å².